The van der Waals surface area contributed by atoms with Gasteiger partial charge in [-0.3, -0.25) is 14.3 Å². The van der Waals surface area contributed by atoms with Gasteiger partial charge in [0.15, 0.2) is 5.69 Å². The number of aromatic nitrogens is 2. The van der Waals surface area contributed by atoms with Gasteiger partial charge < -0.3 is 10.1 Å². The molecule has 0 aliphatic rings. The van der Waals surface area contributed by atoms with E-state index in [2.05, 4.69) is 15.2 Å². The molecule has 2 heterocycles. The van der Waals surface area contributed by atoms with Gasteiger partial charge in [-0.25, -0.2) is 0 Å². The van der Waals surface area contributed by atoms with Crippen molar-refractivity contribution in [2.24, 2.45) is 10.2 Å². The first-order valence-corrected chi connectivity index (χ1v) is 11.1. The molecule has 0 aliphatic heterocycles. The molecule has 0 saturated heterocycles. The summed E-state index contributed by atoms with van der Waals surface area (Å²) < 4.78 is 1.73. The second-order valence-electron chi connectivity index (χ2n) is 8.27. The van der Waals surface area contributed by atoms with E-state index in [1.807, 2.05) is 85.7 Å². The van der Waals surface area contributed by atoms with Crippen molar-refractivity contribution < 1.29 is 9.90 Å². The van der Waals surface area contributed by atoms with Crippen molar-refractivity contribution in [2.45, 2.75) is 6.67 Å². The number of aromatic hydroxyl groups is 1. The molecule has 7 nitrogen and oxygen atoms in total. The van der Waals surface area contributed by atoms with E-state index in [0.717, 1.165) is 22.0 Å². The fraction of sp³-hybridized carbons (Fsp3) is 0.115. The van der Waals surface area contributed by atoms with Gasteiger partial charge in [-0.1, -0.05) is 60.1 Å². The van der Waals surface area contributed by atoms with E-state index in [-0.39, 0.29) is 11.6 Å². The number of hydrogen-bond acceptors (Lipinski definition) is 4. The first kappa shape index (κ1) is 21.9. The normalized spacial score (nSPS) is 11.9. The summed E-state index contributed by atoms with van der Waals surface area (Å²) in [7, 11) is 3.82. The van der Waals surface area contributed by atoms with Gasteiger partial charge in [-0.05, 0) is 43.9 Å². The van der Waals surface area contributed by atoms with E-state index in [0.29, 0.717) is 28.3 Å². The van der Waals surface area contributed by atoms with Crippen molar-refractivity contribution in [1.29, 1.82) is 0 Å². The van der Waals surface area contributed by atoms with E-state index in [1.54, 1.807) is 10.6 Å². The monoisotopic (exact) mass is 471 g/mol. The fourth-order valence-electron chi connectivity index (χ4n) is 4.17. The Morgan fingerprint density at radius 2 is 1.76 bits per heavy atom. The highest BCUT2D eigenvalue weighted by Gasteiger charge is 2.21. The van der Waals surface area contributed by atoms with Crippen LogP contribution in [0, 0.1) is 0 Å². The summed E-state index contributed by atoms with van der Waals surface area (Å²) in [5.74, 6) is -0.590. The fourth-order valence-corrected chi connectivity index (χ4v) is 4.34. The molecule has 0 aliphatic carbocycles. The lowest BCUT2D eigenvalue weighted by atomic mass is 10.0. The molecule has 0 atom stereocenters. The second kappa shape index (κ2) is 8.78. The summed E-state index contributed by atoms with van der Waals surface area (Å²) in [5.41, 5.74) is 3.71. The van der Waals surface area contributed by atoms with Gasteiger partial charge in [0.25, 0.3) is 0 Å². The van der Waals surface area contributed by atoms with Crippen molar-refractivity contribution in [1.82, 2.24) is 14.5 Å². The van der Waals surface area contributed by atoms with Gasteiger partial charge in [-0.15, -0.1) is 10.2 Å². The lowest BCUT2D eigenvalue weighted by Gasteiger charge is -2.12. The average Bonchev–Trinajstić information content (AvgIpc) is 3.33. The Balaban J connectivity index is 1.61. The minimum atomic E-state index is -0.546. The van der Waals surface area contributed by atoms with Crippen LogP contribution in [0.5, 0.6) is 5.88 Å². The molecule has 0 saturated carbocycles. The average molecular weight is 472 g/mol. The van der Waals surface area contributed by atoms with Crippen LogP contribution in [0.3, 0.4) is 0 Å². The molecule has 0 unspecified atom stereocenters. The Labute approximate surface area is 200 Å². The summed E-state index contributed by atoms with van der Waals surface area (Å²) in [5, 5.41) is 21.2. The SMILES string of the molecule is CN(C)Cn1c(O)c(N=NC(=O)c2[nH]c3ccc(Cl)cc3c2-c2ccccc2)c2ccccc21. The quantitative estimate of drug-likeness (QED) is 0.283. The number of carbonyl (C=O) groups excluding carboxylic acids is 1. The number of halogens is 1. The molecule has 0 bridgehead atoms. The van der Waals surface area contributed by atoms with Crippen LogP contribution in [0.4, 0.5) is 5.69 Å². The predicted octanol–water partition coefficient (Wildman–Crippen LogP) is 6.59. The van der Waals surface area contributed by atoms with Gasteiger partial charge in [0, 0.05) is 26.9 Å². The second-order valence-corrected chi connectivity index (χ2v) is 8.71. The van der Waals surface area contributed by atoms with Crippen molar-refractivity contribution >= 4 is 45.0 Å². The highest BCUT2D eigenvalue weighted by molar-refractivity contribution is 6.31. The third-order valence-corrected chi connectivity index (χ3v) is 5.85. The standard InChI is InChI=1S/C26H22ClN5O2/c1-31(2)15-32-21-11-7-6-10-18(21)23(26(32)34)29-30-25(33)24-22(16-8-4-3-5-9-16)19-14-17(27)12-13-20(19)28-24/h3-14,28,34H,15H2,1-2H3. The van der Waals surface area contributed by atoms with Gasteiger partial charge in [-0.2, -0.15) is 0 Å². The lowest BCUT2D eigenvalue weighted by molar-refractivity contribution is 0.0991. The molecular formula is C26H22ClN5O2. The summed E-state index contributed by atoms with van der Waals surface area (Å²) in [6, 6.07) is 22.5. The molecule has 1 amide bonds. The van der Waals surface area contributed by atoms with Gasteiger partial charge in [0.2, 0.25) is 5.88 Å². The molecule has 0 radical (unpaired) electrons. The van der Waals surface area contributed by atoms with Gasteiger partial charge >= 0.3 is 5.91 Å². The van der Waals surface area contributed by atoms with Crippen LogP contribution >= 0.6 is 11.6 Å². The summed E-state index contributed by atoms with van der Waals surface area (Å²) >= 11 is 6.24. The smallest absolute Gasteiger partial charge is 0.312 e. The number of azo groups is 1. The van der Waals surface area contributed by atoms with Crippen LogP contribution in [0.15, 0.2) is 83.0 Å². The van der Waals surface area contributed by atoms with Crippen LogP contribution in [-0.4, -0.2) is 39.6 Å². The first-order chi connectivity index (χ1) is 16.4. The number of nitrogens with zero attached hydrogens (tertiary/aromatic N) is 4. The topological polar surface area (TPSA) is 86.0 Å². The van der Waals surface area contributed by atoms with Crippen LogP contribution in [0.1, 0.15) is 10.5 Å². The van der Waals surface area contributed by atoms with E-state index in [9.17, 15) is 9.90 Å². The Morgan fingerprint density at radius 3 is 2.53 bits per heavy atom. The molecule has 34 heavy (non-hydrogen) atoms. The number of amides is 1. The molecule has 8 heteroatoms. The van der Waals surface area contributed by atoms with Crippen molar-refractivity contribution in [3.8, 4) is 17.0 Å². The zero-order valence-corrected chi connectivity index (χ0v) is 19.4. The largest absolute Gasteiger partial charge is 0.493 e. The number of rotatable bonds is 5. The van der Waals surface area contributed by atoms with Crippen molar-refractivity contribution in [2.75, 3.05) is 14.1 Å². The minimum absolute atomic E-state index is 0.0434. The van der Waals surface area contributed by atoms with Crippen molar-refractivity contribution in [3.63, 3.8) is 0 Å². The van der Waals surface area contributed by atoms with Crippen LogP contribution in [0.2, 0.25) is 5.02 Å². The molecule has 0 fully saturated rings. The van der Waals surface area contributed by atoms with E-state index in [4.69, 9.17) is 11.6 Å². The number of H-pyrrole nitrogens is 1. The number of benzene rings is 3. The minimum Gasteiger partial charge on any atom is -0.493 e. The number of hydrogen-bond donors (Lipinski definition) is 2. The molecule has 3 aromatic carbocycles. The van der Waals surface area contributed by atoms with Crippen LogP contribution in [0.25, 0.3) is 32.9 Å². The Bertz CT molecular complexity index is 1550. The molecule has 2 N–H and O–H groups in total. The molecule has 5 rings (SSSR count). The van der Waals surface area contributed by atoms with Gasteiger partial charge in [0.1, 0.15) is 5.69 Å². The van der Waals surface area contributed by atoms with Crippen LogP contribution < -0.4 is 0 Å². The third kappa shape index (κ3) is 3.85. The Morgan fingerprint density at radius 1 is 1.03 bits per heavy atom. The van der Waals surface area contributed by atoms with Crippen LogP contribution in [-0.2, 0) is 6.67 Å². The first-order valence-electron chi connectivity index (χ1n) is 10.7. The molecule has 5 aromatic rings. The maximum absolute atomic E-state index is 13.3. The Hall–Kier alpha value is -3.94. The number of fused-ring (bicyclic) bond motifs is 2. The maximum atomic E-state index is 13.3. The summed E-state index contributed by atoms with van der Waals surface area (Å²) in [4.78, 5) is 18.4. The number of nitrogens with one attached hydrogen (secondary N) is 1. The van der Waals surface area contributed by atoms with E-state index < -0.39 is 5.91 Å². The third-order valence-electron chi connectivity index (χ3n) is 5.62. The van der Waals surface area contributed by atoms with E-state index in [1.165, 1.54) is 0 Å². The molecule has 2 aromatic heterocycles. The predicted molar refractivity (Wildman–Crippen MR) is 135 cm³/mol. The summed E-state index contributed by atoms with van der Waals surface area (Å²) in [6.45, 7) is 0.455. The highest BCUT2D eigenvalue weighted by Crippen LogP contribution is 2.39. The Kier molecular flexibility index (Phi) is 5.65. The number of carbonyl (C=O) groups is 1. The van der Waals surface area contributed by atoms with Crippen molar-refractivity contribution in [3.05, 3.63) is 83.5 Å². The zero-order valence-electron chi connectivity index (χ0n) is 18.7. The summed E-state index contributed by atoms with van der Waals surface area (Å²) in [6.07, 6.45) is 0. The number of aromatic amines is 1. The van der Waals surface area contributed by atoms with Gasteiger partial charge in [0.05, 0.1) is 12.2 Å². The lowest BCUT2D eigenvalue weighted by Crippen LogP contribution is -2.16. The molecular weight excluding hydrogens is 450 g/mol. The molecule has 0 spiro atoms. The number of para-hydroxylation sites is 1. The maximum Gasteiger partial charge on any atom is 0.312 e. The highest BCUT2D eigenvalue weighted by atomic mass is 35.5. The molecule has 170 valence electrons. The zero-order chi connectivity index (χ0) is 23.8. The van der Waals surface area contributed by atoms with E-state index >= 15 is 0 Å².